The molecule has 0 amide bonds. The quantitative estimate of drug-likeness (QED) is 0.525. The predicted octanol–water partition coefficient (Wildman–Crippen LogP) is 3.95. The number of aliphatic hydroxyl groups excluding tert-OH is 1. The molecule has 3 heteroatoms. The lowest BCUT2D eigenvalue weighted by Gasteiger charge is -2.61. The van der Waals surface area contributed by atoms with E-state index in [9.17, 15) is 5.11 Å². The highest BCUT2D eigenvalue weighted by molar-refractivity contribution is 5.87. The van der Waals surface area contributed by atoms with E-state index in [0.717, 1.165) is 36.5 Å². The number of rotatable bonds is 0. The van der Waals surface area contributed by atoms with E-state index in [1.165, 1.54) is 44.2 Å². The number of nitrogens with zero attached hydrogens (tertiary/aromatic N) is 1. The summed E-state index contributed by atoms with van der Waals surface area (Å²) in [6.07, 6.45) is 9.88. The van der Waals surface area contributed by atoms with Crippen LogP contribution in [-0.4, -0.2) is 16.9 Å². The summed E-state index contributed by atoms with van der Waals surface area (Å²) in [6.45, 7) is 7.28. The van der Waals surface area contributed by atoms with Crippen molar-refractivity contribution in [3.8, 4) is 0 Å². The SMILES string of the molecule is C[C@@H]1C[C@@]2(C)[C@@H](CC[C@@H]3[C@@H]2CC[C@]2(C)[C@@H](O)CC[C@@H]32)C/C1=N/N. The van der Waals surface area contributed by atoms with E-state index in [2.05, 4.69) is 25.9 Å². The molecular weight excluding hydrogens is 284 g/mol. The van der Waals surface area contributed by atoms with Gasteiger partial charge in [0.15, 0.2) is 0 Å². The third-order valence-electron chi connectivity index (χ3n) is 8.95. The van der Waals surface area contributed by atoms with Crippen molar-refractivity contribution in [2.75, 3.05) is 0 Å². The molecule has 4 fully saturated rings. The topological polar surface area (TPSA) is 58.6 Å². The van der Waals surface area contributed by atoms with Crippen molar-refractivity contribution in [1.82, 2.24) is 0 Å². The van der Waals surface area contributed by atoms with Gasteiger partial charge in [0.1, 0.15) is 0 Å². The van der Waals surface area contributed by atoms with Gasteiger partial charge in [-0.15, -0.1) is 0 Å². The van der Waals surface area contributed by atoms with Crippen LogP contribution >= 0.6 is 0 Å². The molecule has 3 N–H and O–H groups in total. The zero-order chi connectivity index (χ0) is 16.4. The molecule has 8 atom stereocenters. The van der Waals surface area contributed by atoms with E-state index in [0.29, 0.717) is 11.3 Å². The van der Waals surface area contributed by atoms with Crippen LogP contribution in [0.5, 0.6) is 0 Å². The lowest BCUT2D eigenvalue weighted by molar-refractivity contribution is -0.116. The van der Waals surface area contributed by atoms with Crippen molar-refractivity contribution in [3.05, 3.63) is 0 Å². The maximum Gasteiger partial charge on any atom is 0.0596 e. The second-order valence-electron chi connectivity index (χ2n) is 9.72. The standard InChI is InChI=1S/C20H34N2O/c1-12-11-20(3)13(10-17(12)22-21)4-5-14-15-6-7-18(23)19(15,2)9-8-16(14)20/h12-16,18,23H,4-11,21H2,1-3H3/b22-17-/t12-,13+,14+,15+,16+,18+,19+,20+/m1/s1. The van der Waals surface area contributed by atoms with Crippen molar-refractivity contribution < 1.29 is 5.11 Å². The lowest BCUT2D eigenvalue weighted by Crippen LogP contribution is -2.55. The first-order chi connectivity index (χ1) is 10.9. The van der Waals surface area contributed by atoms with Gasteiger partial charge in [0.25, 0.3) is 0 Å². The number of hydrazone groups is 1. The van der Waals surface area contributed by atoms with Crippen LogP contribution in [0.1, 0.15) is 72.1 Å². The summed E-state index contributed by atoms with van der Waals surface area (Å²) in [5.74, 6) is 9.43. The van der Waals surface area contributed by atoms with Gasteiger partial charge in [-0.25, -0.2) is 0 Å². The van der Waals surface area contributed by atoms with Gasteiger partial charge in [0.05, 0.1) is 6.10 Å². The maximum absolute atomic E-state index is 10.5. The van der Waals surface area contributed by atoms with E-state index in [1.54, 1.807) is 0 Å². The van der Waals surface area contributed by atoms with Crippen LogP contribution < -0.4 is 5.84 Å². The van der Waals surface area contributed by atoms with Gasteiger partial charge in [0, 0.05) is 5.71 Å². The average Bonchev–Trinajstić information content (AvgIpc) is 2.82. The highest BCUT2D eigenvalue weighted by Crippen LogP contribution is 2.66. The fraction of sp³-hybridized carbons (Fsp3) is 0.950. The van der Waals surface area contributed by atoms with Crippen LogP contribution in [0.15, 0.2) is 5.10 Å². The number of nitrogens with two attached hydrogens (primary N) is 1. The van der Waals surface area contributed by atoms with Gasteiger partial charge in [-0.05, 0) is 91.8 Å². The Morgan fingerprint density at radius 2 is 1.78 bits per heavy atom. The highest BCUT2D eigenvalue weighted by atomic mass is 16.3. The normalized spacial score (nSPS) is 57.7. The second-order valence-corrected chi connectivity index (χ2v) is 9.72. The van der Waals surface area contributed by atoms with Gasteiger partial charge in [-0.2, -0.15) is 5.10 Å². The molecule has 4 aliphatic carbocycles. The van der Waals surface area contributed by atoms with Gasteiger partial charge >= 0.3 is 0 Å². The largest absolute Gasteiger partial charge is 0.393 e. The molecule has 0 aromatic carbocycles. The monoisotopic (exact) mass is 318 g/mol. The smallest absolute Gasteiger partial charge is 0.0596 e. The molecule has 0 radical (unpaired) electrons. The Balaban J connectivity index is 1.63. The van der Waals surface area contributed by atoms with Gasteiger partial charge in [0.2, 0.25) is 0 Å². The van der Waals surface area contributed by atoms with Gasteiger partial charge < -0.3 is 10.9 Å². The van der Waals surface area contributed by atoms with Crippen LogP contribution in [0.3, 0.4) is 0 Å². The molecule has 0 aromatic rings. The highest BCUT2D eigenvalue weighted by Gasteiger charge is 2.60. The summed E-state index contributed by atoms with van der Waals surface area (Å²) < 4.78 is 0. The first-order valence-electron chi connectivity index (χ1n) is 9.85. The molecule has 0 saturated heterocycles. The molecule has 0 aromatic heterocycles. The predicted molar refractivity (Wildman–Crippen MR) is 93.9 cm³/mol. The minimum atomic E-state index is -0.0553. The molecule has 0 heterocycles. The molecule has 0 spiro atoms. The molecule has 130 valence electrons. The number of fused-ring (bicyclic) bond motifs is 5. The van der Waals surface area contributed by atoms with Crippen molar-refractivity contribution in [1.29, 1.82) is 0 Å². The first-order valence-corrected chi connectivity index (χ1v) is 9.85. The maximum atomic E-state index is 10.5. The Morgan fingerprint density at radius 1 is 1.04 bits per heavy atom. The van der Waals surface area contributed by atoms with Crippen LogP contribution in [0.4, 0.5) is 0 Å². The Morgan fingerprint density at radius 3 is 2.52 bits per heavy atom. The van der Waals surface area contributed by atoms with E-state index < -0.39 is 0 Å². The molecule has 4 rings (SSSR count). The molecule has 4 saturated carbocycles. The zero-order valence-corrected chi connectivity index (χ0v) is 15.1. The van der Waals surface area contributed by atoms with E-state index in [1.807, 2.05) is 0 Å². The zero-order valence-electron chi connectivity index (χ0n) is 15.1. The van der Waals surface area contributed by atoms with Crippen molar-refractivity contribution in [2.45, 2.75) is 78.2 Å². The summed E-state index contributed by atoms with van der Waals surface area (Å²) in [6, 6.07) is 0. The third-order valence-corrected chi connectivity index (χ3v) is 8.95. The second kappa shape index (κ2) is 5.21. The lowest BCUT2D eigenvalue weighted by atomic mass is 9.44. The molecule has 0 unspecified atom stereocenters. The summed E-state index contributed by atoms with van der Waals surface area (Å²) in [5.41, 5.74) is 1.92. The van der Waals surface area contributed by atoms with Crippen LogP contribution in [0.25, 0.3) is 0 Å². The minimum Gasteiger partial charge on any atom is -0.393 e. The third kappa shape index (κ3) is 2.08. The van der Waals surface area contributed by atoms with Crippen molar-refractivity contribution >= 4 is 5.71 Å². The molecular formula is C20H34N2O. The summed E-state index contributed by atoms with van der Waals surface area (Å²) in [4.78, 5) is 0. The summed E-state index contributed by atoms with van der Waals surface area (Å²) in [5, 5.41) is 14.7. The fourth-order valence-electron chi connectivity index (χ4n) is 7.57. The molecule has 0 bridgehead atoms. The number of aliphatic hydroxyl groups is 1. The Kier molecular flexibility index (Phi) is 3.61. The summed E-state index contributed by atoms with van der Waals surface area (Å²) in [7, 11) is 0. The van der Waals surface area contributed by atoms with E-state index in [4.69, 9.17) is 5.84 Å². The molecule has 0 aliphatic heterocycles. The fourth-order valence-corrected chi connectivity index (χ4v) is 7.57. The van der Waals surface area contributed by atoms with Crippen LogP contribution in [0, 0.1) is 40.4 Å². The van der Waals surface area contributed by atoms with E-state index in [-0.39, 0.29) is 11.5 Å². The Bertz CT molecular complexity index is 518. The molecule has 3 nitrogen and oxygen atoms in total. The van der Waals surface area contributed by atoms with Gasteiger partial charge in [-0.3, -0.25) is 0 Å². The van der Waals surface area contributed by atoms with E-state index >= 15 is 0 Å². The first kappa shape index (κ1) is 15.9. The number of hydrogen-bond donors (Lipinski definition) is 2. The van der Waals surface area contributed by atoms with Crippen molar-refractivity contribution in [2.24, 2.45) is 51.4 Å². The van der Waals surface area contributed by atoms with Gasteiger partial charge in [-0.1, -0.05) is 20.8 Å². The van der Waals surface area contributed by atoms with Crippen LogP contribution in [0.2, 0.25) is 0 Å². The minimum absolute atomic E-state index is 0.0553. The molecule has 23 heavy (non-hydrogen) atoms. The Hall–Kier alpha value is -0.570. The summed E-state index contributed by atoms with van der Waals surface area (Å²) >= 11 is 0. The molecule has 4 aliphatic rings. The average molecular weight is 319 g/mol. The van der Waals surface area contributed by atoms with Crippen LogP contribution in [-0.2, 0) is 0 Å². The van der Waals surface area contributed by atoms with Crippen molar-refractivity contribution in [3.63, 3.8) is 0 Å². The Labute approximate surface area is 141 Å². The number of hydrogen-bond acceptors (Lipinski definition) is 3.